The van der Waals surface area contributed by atoms with Gasteiger partial charge in [-0.1, -0.05) is 19.8 Å². The normalized spacial score (nSPS) is 11.6. The van der Waals surface area contributed by atoms with Gasteiger partial charge in [0.05, 0.1) is 0 Å². The molecule has 0 atom stereocenters. The van der Waals surface area contributed by atoms with Crippen LogP contribution in [0.4, 0.5) is 0 Å². The van der Waals surface area contributed by atoms with Gasteiger partial charge < -0.3 is 6.15 Å². The maximum Gasteiger partial charge on any atom is -0.344 e. The Morgan fingerprint density at radius 3 is 1.23 bits per heavy atom. The van der Waals surface area contributed by atoms with E-state index in [1.165, 1.54) is 77.0 Å². The van der Waals surface area contributed by atoms with E-state index in [9.17, 15) is 9.79 Å². The fraction of sp³-hybridized carbons (Fsp3) is 1.00. The summed E-state index contributed by atoms with van der Waals surface area (Å²) in [5.74, 6) is 0. The van der Waals surface area contributed by atoms with Gasteiger partial charge in [-0.2, -0.15) is 0 Å². The maximum atomic E-state index is 9.59. The molecule has 22 heavy (non-hydrogen) atoms. The average molecular weight is 404 g/mol. The Balaban J connectivity index is -0.00000180. The molecular weight excluding hydrogens is 361 g/mol. The molecule has 0 saturated heterocycles. The van der Waals surface area contributed by atoms with Gasteiger partial charge in [0, 0.05) is 0 Å². The van der Waals surface area contributed by atoms with Crippen molar-refractivity contribution in [1.29, 1.82) is 0 Å². The fourth-order valence-electron chi connectivity index (χ4n) is 2.60. The summed E-state index contributed by atoms with van der Waals surface area (Å²) in [4.78, 5) is 19.2. The molecule has 0 aliphatic carbocycles. The number of halogens is 1. The zero-order valence-electron chi connectivity index (χ0n) is 15.1. The van der Waals surface area contributed by atoms with Crippen LogP contribution in [-0.4, -0.2) is 22.1 Å². The number of hydrogen-bond acceptors (Lipinski definition) is 3. The minimum absolute atomic E-state index is 0. The third-order valence-electron chi connectivity index (χ3n) is 4.25. The van der Waals surface area contributed by atoms with Gasteiger partial charge in [0.25, 0.3) is 0 Å². The van der Waals surface area contributed by atoms with Crippen molar-refractivity contribution in [3.8, 4) is 0 Å². The van der Waals surface area contributed by atoms with Gasteiger partial charge in [-0.25, -0.2) is 0 Å². The third-order valence-corrected chi connectivity index (χ3v) is 6.53. The minimum Gasteiger partial charge on any atom is -0.344 e. The fourth-order valence-corrected chi connectivity index (χ4v) is 3.77. The van der Waals surface area contributed by atoms with Gasteiger partial charge in [-0.05, 0) is 0 Å². The summed E-state index contributed by atoms with van der Waals surface area (Å²) in [7, 11) is -2.78. The zero-order chi connectivity index (χ0) is 15.1. The van der Waals surface area contributed by atoms with Crippen molar-refractivity contribution in [2.45, 2.75) is 97.3 Å². The van der Waals surface area contributed by atoms with E-state index >= 15 is 0 Å². The summed E-state index contributed by atoms with van der Waals surface area (Å²) in [5, 5.41) is 0. The molecule has 0 aromatic rings. The van der Waals surface area contributed by atoms with Gasteiger partial charge in [0.2, 0.25) is 0 Å². The second-order valence-electron chi connectivity index (χ2n) is 6.33. The Kier molecular flexibility index (Phi) is 24.9. The molecule has 0 heterocycles. The summed E-state index contributed by atoms with van der Waals surface area (Å²) in [5.41, 5.74) is 0. The van der Waals surface area contributed by atoms with Crippen molar-refractivity contribution in [2.24, 2.45) is 0 Å². The number of hydrogen-bond donors (Lipinski definition) is 3. The molecule has 0 aromatic carbocycles. The van der Waals surface area contributed by atoms with Crippen molar-refractivity contribution in [2.75, 3.05) is 12.3 Å². The smallest absolute Gasteiger partial charge is 0.344 e. The first-order valence-electron chi connectivity index (χ1n) is 9.07. The molecule has 0 aromatic heterocycles. The topological polar surface area (TPSA) is 75.5 Å². The summed E-state index contributed by atoms with van der Waals surface area (Å²) in [6, 6.07) is 0. The predicted molar refractivity (Wildman–Crippen MR) is 109 cm³/mol. The zero-order valence-corrected chi connectivity index (χ0v) is 17.8. The van der Waals surface area contributed by atoms with E-state index in [4.69, 9.17) is 0 Å². The van der Waals surface area contributed by atoms with Crippen LogP contribution in [0.5, 0.6) is 0 Å². The summed E-state index contributed by atoms with van der Waals surface area (Å²) >= 11 is 0. The maximum absolute atomic E-state index is 9.59. The van der Waals surface area contributed by atoms with E-state index in [0.29, 0.717) is 12.3 Å². The van der Waals surface area contributed by atoms with Crippen LogP contribution in [0, 0.1) is 0 Å². The molecule has 140 valence electrons. The minimum atomic E-state index is -2.78. The molecule has 0 fully saturated rings. The van der Waals surface area contributed by atoms with Crippen LogP contribution in [0.1, 0.15) is 97.3 Å². The SMILES string of the molecule is Br.CCCCCCCCCCCCCCC[PH](O)(O)CC.N. The van der Waals surface area contributed by atoms with Crippen LogP contribution >= 0.6 is 24.7 Å². The van der Waals surface area contributed by atoms with Gasteiger partial charge in [-0.15, -0.1) is 17.0 Å². The first-order chi connectivity index (χ1) is 9.62. The first kappa shape index (κ1) is 27.6. The Hall–Kier alpha value is 0.790. The van der Waals surface area contributed by atoms with E-state index in [2.05, 4.69) is 6.92 Å². The molecule has 0 aliphatic rings. The average Bonchev–Trinajstić information content (AvgIpc) is 2.44. The van der Waals surface area contributed by atoms with E-state index in [1.54, 1.807) is 0 Å². The summed E-state index contributed by atoms with van der Waals surface area (Å²) < 4.78 is 0. The molecule has 5 heteroatoms. The molecule has 0 radical (unpaired) electrons. The molecule has 0 aliphatic heterocycles. The molecule has 5 N–H and O–H groups in total. The Morgan fingerprint density at radius 2 is 0.909 bits per heavy atom. The van der Waals surface area contributed by atoms with Crippen molar-refractivity contribution in [1.82, 2.24) is 6.15 Å². The van der Waals surface area contributed by atoms with E-state index < -0.39 is 7.72 Å². The van der Waals surface area contributed by atoms with E-state index in [-0.39, 0.29) is 23.1 Å². The summed E-state index contributed by atoms with van der Waals surface area (Å²) in [6.07, 6.45) is 18.6. The van der Waals surface area contributed by atoms with E-state index in [1.807, 2.05) is 6.92 Å². The van der Waals surface area contributed by atoms with Crippen LogP contribution in [0.25, 0.3) is 0 Å². The Bertz CT molecular complexity index is 207. The van der Waals surface area contributed by atoms with Crippen LogP contribution in [0.3, 0.4) is 0 Å². The van der Waals surface area contributed by atoms with Crippen molar-refractivity contribution in [3.05, 3.63) is 0 Å². The standard InChI is InChI=1S/C17H39O2P.BrH.H3N/c1-3-5-6-7-8-9-10-11-12-13-14-15-16-17-20(18,19)4-2;;/h18-20H,3-17H2,1-2H3;1H;1H3. The van der Waals surface area contributed by atoms with Crippen LogP contribution in [0.2, 0.25) is 0 Å². The van der Waals surface area contributed by atoms with Gasteiger partial charge in [0.15, 0.2) is 0 Å². The van der Waals surface area contributed by atoms with Gasteiger partial charge in [0.1, 0.15) is 0 Å². The van der Waals surface area contributed by atoms with Crippen molar-refractivity contribution < 1.29 is 9.79 Å². The number of rotatable bonds is 15. The van der Waals surface area contributed by atoms with Crippen molar-refractivity contribution in [3.63, 3.8) is 0 Å². The Labute approximate surface area is 150 Å². The molecule has 0 spiro atoms. The molecule has 3 nitrogen and oxygen atoms in total. The molecule has 0 rings (SSSR count). The van der Waals surface area contributed by atoms with E-state index in [0.717, 1.165) is 6.42 Å². The molecular formula is C17H43BrNO2P. The Morgan fingerprint density at radius 1 is 0.591 bits per heavy atom. The van der Waals surface area contributed by atoms with Crippen LogP contribution < -0.4 is 6.15 Å². The molecule has 0 bridgehead atoms. The predicted octanol–water partition coefficient (Wildman–Crippen LogP) is 6.40. The second-order valence-corrected chi connectivity index (χ2v) is 9.50. The first-order valence-corrected chi connectivity index (χ1v) is 11.4. The third kappa shape index (κ3) is 20.8. The monoisotopic (exact) mass is 403 g/mol. The molecule has 0 amide bonds. The second kappa shape index (κ2) is 19.8. The summed E-state index contributed by atoms with van der Waals surface area (Å²) in [6.45, 7) is 4.15. The van der Waals surface area contributed by atoms with Crippen LogP contribution in [-0.2, 0) is 0 Å². The van der Waals surface area contributed by atoms with Crippen molar-refractivity contribution >= 4 is 24.7 Å². The largest absolute Gasteiger partial charge is 0.344 e. The van der Waals surface area contributed by atoms with Gasteiger partial charge >= 0.3 is 107 Å². The number of unbranched alkanes of at least 4 members (excludes halogenated alkanes) is 12. The van der Waals surface area contributed by atoms with Gasteiger partial charge in [-0.3, -0.25) is 0 Å². The molecule has 0 unspecified atom stereocenters. The van der Waals surface area contributed by atoms with Crippen LogP contribution in [0.15, 0.2) is 0 Å². The quantitative estimate of drug-likeness (QED) is 0.218. The molecule has 0 saturated carbocycles.